The highest BCUT2D eigenvalue weighted by molar-refractivity contribution is 7.91. The first-order chi connectivity index (χ1) is 5.99. The maximum atomic E-state index is 11.0. The van der Waals surface area contributed by atoms with Gasteiger partial charge in [0.1, 0.15) is 0 Å². The molecule has 76 valence electrons. The number of hydrogen-bond acceptors (Lipinski definition) is 4. The molecule has 1 aliphatic rings. The van der Waals surface area contributed by atoms with Crippen LogP contribution in [0, 0.1) is 0 Å². The Kier molecular flexibility index (Phi) is 3.27. The van der Waals surface area contributed by atoms with Gasteiger partial charge in [0, 0.05) is 19.0 Å². The normalized spacial score (nSPS) is 26.0. The van der Waals surface area contributed by atoms with Crippen LogP contribution in [0.15, 0.2) is 0 Å². The summed E-state index contributed by atoms with van der Waals surface area (Å²) in [6.45, 7) is 0.468. The van der Waals surface area contributed by atoms with Crippen molar-refractivity contribution in [2.24, 2.45) is 5.73 Å². The lowest BCUT2D eigenvalue weighted by Gasteiger charge is -2.08. The fraction of sp³-hybridized carbons (Fsp3) is 0.857. The number of hydrogen-bond donors (Lipinski definition) is 2. The Balaban J connectivity index is 2.22. The van der Waals surface area contributed by atoms with Crippen molar-refractivity contribution in [2.45, 2.75) is 18.9 Å². The van der Waals surface area contributed by atoms with Crippen LogP contribution in [0.1, 0.15) is 12.8 Å². The van der Waals surface area contributed by atoms with Crippen molar-refractivity contribution in [1.29, 1.82) is 0 Å². The van der Waals surface area contributed by atoms with Gasteiger partial charge in [0.2, 0.25) is 5.91 Å². The maximum Gasteiger partial charge on any atom is 0.218 e. The fourth-order valence-corrected chi connectivity index (χ4v) is 3.06. The molecule has 1 atom stereocenters. The first kappa shape index (κ1) is 10.5. The summed E-state index contributed by atoms with van der Waals surface area (Å²) in [5, 5.41) is 2.99. The Bertz CT molecular complexity index is 286. The molecule has 0 spiro atoms. The van der Waals surface area contributed by atoms with Crippen molar-refractivity contribution in [3.05, 3.63) is 0 Å². The number of nitrogens with two attached hydrogens (primary N) is 1. The molecule has 0 aromatic rings. The van der Waals surface area contributed by atoms with E-state index in [1.807, 2.05) is 0 Å². The number of amides is 1. The molecule has 13 heavy (non-hydrogen) atoms. The van der Waals surface area contributed by atoms with Crippen LogP contribution in [0.5, 0.6) is 0 Å². The summed E-state index contributed by atoms with van der Waals surface area (Å²) in [7, 11) is -2.82. The van der Waals surface area contributed by atoms with Crippen molar-refractivity contribution in [2.75, 3.05) is 18.1 Å². The van der Waals surface area contributed by atoms with Crippen LogP contribution < -0.4 is 11.1 Å². The summed E-state index contributed by atoms with van der Waals surface area (Å²) < 4.78 is 22.0. The van der Waals surface area contributed by atoms with Crippen LogP contribution >= 0.6 is 0 Å². The predicted octanol–water partition coefficient (Wildman–Crippen LogP) is -1.36. The van der Waals surface area contributed by atoms with Gasteiger partial charge in [0.05, 0.1) is 11.5 Å². The Labute approximate surface area is 77.6 Å². The van der Waals surface area contributed by atoms with Crippen LogP contribution in [0.3, 0.4) is 0 Å². The van der Waals surface area contributed by atoms with Crippen molar-refractivity contribution in [3.63, 3.8) is 0 Å². The van der Waals surface area contributed by atoms with E-state index in [4.69, 9.17) is 5.73 Å². The molecule has 1 amide bonds. The van der Waals surface area contributed by atoms with E-state index in [-0.39, 0.29) is 29.9 Å². The minimum Gasteiger partial charge on any atom is -0.370 e. The molecule has 1 rings (SSSR count). The molecular formula is C7H14N2O3S. The number of carbonyl (C=O) groups excluding carboxylic acids is 1. The van der Waals surface area contributed by atoms with E-state index in [1.165, 1.54) is 0 Å². The van der Waals surface area contributed by atoms with Gasteiger partial charge in [-0.2, -0.15) is 0 Å². The van der Waals surface area contributed by atoms with Crippen LogP contribution in [0.2, 0.25) is 0 Å². The Morgan fingerprint density at radius 2 is 2.23 bits per heavy atom. The standard InChI is InChI=1S/C7H14N2O3S/c8-7(10)1-3-9-6-2-4-13(11,12)5-6/h6,9H,1-5H2,(H2,8,10). The van der Waals surface area contributed by atoms with E-state index >= 15 is 0 Å². The highest BCUT2D eigenvalue weighted by Crippen LogP contribution is 2.10. The Morgan fingerprint density at radius 1 is 1.54 bits per heavy atom. The van der Waals surface area contributed by atoms with Crippen LogP contribution in [0.4, 0.5) is 0 Å². The molecule has 1 aliphatic heterocycles. The van der Waals surface area contributed by atoms with Crippen LogP contribution in [-0.2, 0) is 14.6 Å². The number of carbonyl (C=O) groups is 1. The zero-order valence-electron chi connectivity index (χ0n) is 7.32. The average Bonchev–Trinajstić information content (AvgIpc) is 2.29. The molecule has 0 saturated carbocycles. The molecule has 6 heteroatoms. The van der Waals surface area contributed by atoms with Gasteiger partial charge >= 0.3 is 0 Å². The van der Waals surface area contributed by atoms with E-state index in [0.29, 0.717) is 13.0 Å². The summed E-state index contributed by atoms with van der Waals surface area (Å²) >= 11 is 0. The first-order valence-corrected chi connectivity index (χ1v) is 6.04. The third-order valence-corrected chi connectivity index (χ3v) is 3.80. The van der Waals surface area contributed by atoms with Crippen molar-refractivity contribution >= 4 is 15.7 Å². The van der Waals surface area contributed by atoms with E-state index < -0.39 is 9.84 Å². The van der Waals surface area contributed by atoms with Crippen molar-refractivity contribution in [3.8, 4) is 0 Å². The Morgan fingerprint density at radius 3 is 2.69 bits per heavy atom. The smallest absolute Gasteiger partial charge is 0.218 e. The summed E-state index contributed by atoms with van der Waals surface area (Å²) in [4.78, 5) is 10.4. The second-order valence-electron chi connectivity index (χ2n) is 3.27. The fourth-order valence-electron chi connectivity index (χ4n) is 1.36. The lowest BCUT2D eigenvalue weighted by atomic mass is 10.2. The molecule has 0 aliphatic carbocycles. The molecular weight excluding hydrogens is 192 g/mol. The first-order valence-electron chi connectivity index (χ1n) is 4.22. The summed E-state index contributed by atoms with van der Waals surface area (Å²) in [5.41, 5.74) is 4.93. The molecule has 1 heterocycles. The maximum absolute atomic E-state index is 11.0. The van der Waals surface area contributed by atoms with Gasteiger partial charge in [-0.05, 0) is 6.42 Å². The van der Waals surface area contributed by atoms with Crippen molar-refractivity contribution in [1.82, 2.24) is 5.32 Å². The van der Waals surface area contributed by atoms with Crippen molar-refractivity contribution < 1.29 is 13.2 Å². The van der Waals surface area contributed by atoms with E-state index in [9.17, 15) is 13.2 Å². The van der Waals surface area contributed by atoms with E-state index in [1.54, 1.807) is 0 Å². The van der Waals surface area contributed by atoms with E-state index in [0.717, 1.165) is 0 Å². The molecule has 1 unspecified atom stereocenters. The quantitative estimate of drug-likeness (QED) is 0.594. The van der Waals surface area contributed by atoms with Gasteiger partial charge in [-0.1, -0.05) is 0 Å². The molecule has 0 aromatic carbocycles. The number of nitrogens with one attached hydrogen (secondary N) is 1. The van der Waals surface area contributed by atoms with Crippen LogP contribution in [0.25, 0.3) is 0 Å². The molecule has 3 N–H and O–H groups in total. The number of sulfone groups is 1. The monoisotopic (exact) mass is 206 g/mol. The Hall–Kier alpha value is -0.620. The van der Waals surface area contributed by atoms with Gasteiger partial charge in [-0.15, -0.1) is 0 Å². The molecule has 5 nitrogen and oxygen atoms in total. The molecule has 1 saturated heterocycles. The SMILES string of the molecule is NC(=O)CCNC1CCS(=O)(=O)C1. The number of primary amides is 1. The summed E-state index contributed by atoms with van der Waals surface area (Å²) in [6, 6.07) is 0.00403. The third kappa shape index (κ3) is 3.73. The summed E-state index contributed by atoms with van der Waals surface area (Å²) in [6.07, 6.45) is 0.900. The predicted molar refractivity (Wildman–Crippen MR) is 48.9 cm³/mol. The third-order valence-electron chi connectivity index (χ3n) is 2.04. The topological polar surface area (TPSA) is 89.3 Å². The second kappa shape index (κ2) is 4.06. The number of rotatable bonds is 4. The largest absolute Gasteiger partial charge is 0.370 e. The van der Waals surface area contributed by atoms with E-state index in [2.05, 4.69) is 5.32 Å². The summed E-state index contributed by atoms with van der Waals surface area (Å²) in [5.74, 6) is 0.0702. The molecule has 0 aromatic heterocycles. The second-order valence-corrected chi connectivity index (χ2v) is 5.50. The molecule has 0 radical (unpaired) electrons. The zero-order valence-corrected chi connectivity index (χ0v) is 8.14. The minimum atomic E-state index is -2.82. The lowest BCUT2D eigenvalue weighted by molar-refractivity contribution is -0.117. The van der Waals surface area contributed by atoms with Gasteiger partial charge in [0.15, 0.2) is 9.84 Å². The van der Waals surface area contributed by atoms with Crippen LogP contribution in [-0.4, -0.2) is 38.4 Å². The highest BCUT2D eigenvalue weighted by atomic mass is 32.2. The lowest BCUT2D eigenvalue weighted by Crippen LogP contribution is -2.32. The zero-order chi connectivity index (χ0) is 9.90. The van der Waals surface area contributed by atoms with Gasteiger partial charge < -0.3 is 11.1 Å². The highest BCUT2D eigenvalue weighted by Gasteiger charge is 2.26. The van der Waals surface area contributed by atoms with Gasteiger partial charge in [-0.3, -0.25) is 4.79 Å². The molecule has 1 fully saturated rings. The van der Waals surface area contributed by atoms with Gasteiger partial charge in [-0.25, -0.2) is 8.42 Å². The van der Waals surface area contributed by atoms with Gasteiger partial charge in [0.25, 0.3) is 0 Å². The average molecular weight is 206 g/mol. The molecule has 0 bridgehead atoms. The minimum absolute atomic E-state index is 0.00403.